The zero-order valence-electron chi connectivity index (χ0n) is 14.0. The minimum atomic E-state index is -0.345. The summed E-state index contributed by atoms with van der Waals surface area (Å²) >= 11 is 0. The van der Waals surface area contributed by atoms with Crippen molar-refractivity contribution in [3.63, 3.8) is 0 Å². The summed E-state index contributed by atoms with van der Waals surface area (Å²) in [6.45, 7) is 1.85. The molecule has 4 aliphatic rings. The maximum Gasteiger partial charge on any atom is 0.262 e. The van der Waals surface area contributed by atoms with Crippen molar-refractivity contribution in [3.05, 3.63) is 29.7 Å². The molecule has 0 aliphatic heterocycles. The average molecular weight is 328 g/mol. The maximum atomic E-state index is 12.7. The highest BCUT2D eigenvalue weighted by atomic mass is 16.3. The van der Waals surface area contributed by atoms with Crippen molar-refractivity contribution in [2.24, 2.45) is 23.2 Å². The van der Waals surface area contributed by atoms with Crippen LogP contribution in [-0.2, 0) is 9.59 Å². The Kier molecular flexibility index (Phi) is 3.74. The third-order valence-corrected chi connectivity index (χ3v) is 5.98. The highest BCUT2D eigenvalue weighted by Gasteiger charge is 2.54. The van der Waals surface area contributed by atoms with E-state index in [9.17, 15) is 9.59 Å². The van der Waals surface area contributed by atoms with E-state index in [2.05, 4.69) is 10.9 Å². The fraction of sp³-hybridized carbons (Fsp3) is 0.579. The van der Waals surface area contributed by atoms with E-state index in [1.165, 1.54) is 25.3 Å². The minimum absolute atomic E-state index is 0.00260. The predicted molar refractivity (Wildman–Crippen MR) is 89.4 cm³/mol. The van der Waals surface area contributed by atoms with E-state index in [1.807, 2.05) is 13.0 Å². The second-order valence-corrected chi connectivity index (χ2v) is 7.92. The molecule has 4 bridgehead atoms. The quantitative estimate of drug-likeness (QED) is 0.662. The second-order valence-electron chi connectivity index (χ2n) is 7.92. The largest absolute Gasteiger partial charge is 0.462 e. The molecular formula is C19H24N2O3. The summed E-state index contributed by atoms with van der Waals surface area (Å²) in [4.78, 5) is 24.6. The molecule has 0 saturated heterocycles. The first kappa shape index (κ1) is 15.5. The third-order valence-electron chi connectivity index (χ3n) is 5.98. The van der Waals surface area contributed by atoms with Crippen LogP contribution in [0, 0.1) is 30.1 Å². The van der Waals surface area contributed by atoms with Gasteiger partial charge >= 0.3 is 0 Å². The van der Waals surface area contributed by atoms with Gasteiger partial charge in [0.2, 0.25) is 5.91 Å². The van der Waals surface area contributed by atoms with Gasteiger partial charge in [-0.3, -0.25) is 20.4 Å². The number of rotatable bonds is 3. The van der Waals surface area contributed by atoms with Crippen LogP contribution in [0.15, 0.2) is 22.6 Å². The lowest BCUT2D eigenvalue weighted by atomic mass is 9.49. The van der Waals surface area contributed by atoms with E-state index in [0.717, 1.165) is 25.0 Å². The van der Waals surface area contributed by atoms with Gasteiger partial charge in [0, 0.05) is 6.08 Å². The van der Waals surface area contributed by atoms with E-state index >= 15 is 0 Å². The molecule has 5 heteroatoms. The van der Waals surface area contributed by atoms with Crippen LogP contribution in [0.3, 0.4) is 0 Å². The van der Waals surface area contributed by atoms with Crippen molar-refractivity contribution in [1.29, 1.82) is 0 Å². The molecule has 0 spiro atoms. The van der Waals surface area contributed by atoms with E-state index in [-0.39, 0.29) is 17.2 Å². The summed E-state index contributed by atoms with van der Waals surface area (Å²) in [6, 6.07) is 3.64. The van der Waals surface area contributed by atoms with E-state index in [0.29, 0.717) is 23.5 Å². The number of carbonyl (C=O) groups is 2. The van der Waals surface area contributed by atoms with Gasteiger partial charge in [0.1, 0.15) is 11.5 Å². The molecule has 0 atom stereocenters. The first-order valence-electron chi connectivity index (χ1n) is 8.87. The van der Waals surface area contributed by atoms with Crippen molar-refractivity contribution in [2.75, 3.05) is 0 Å². The minimum Gasteiger partial charge on any atom is -0.462 e. The number of hydrazine groups is 1. The van der Waals surface area contributed by atoms with Crippen molar-refractivity contribution in [2.45, 2.75) is 45.4 Å². The Hall–Kier alpha value is -2.04. The van der Waals surface area contributed by atoms with Crippen molar-refractivity contribution >= 4 is 17.9 Å². The summed E-state index contributed by atoms with van der Waals surface area (Å²) in [5.41, 5.74) is 4.93. The lowest BCUT2D eigenvalue weighted by Crippen LogP contribution is -2.56. The normalized spacial score (nSPS) is 33.8. The number of aryl methyl sites for hydroxylation is 1. The Balaban J connectivity index is 1.33. The topological polar surface area (TPSA) is 71.3 Å². The van der Waals surface area contributed by atoms with Gasteiger partial charge < -0.3 is 4.42 Å². The van der Waals surface area contributed by atoms with E-state index in [1.54, 1.807) is 12.1 Å². The van der Waals surface area contributed by atoms with Gasteiger partial charge in [0.05, 0.1) is 5.41 Å². The fourth-order valence-electron chi connectivity index (χ4n) is 5.38. The molecule has 2 amide bonds. The van der Waals surface area contributed by atoms with Crippen molar-refractivity contribution in [1.82, 2.24) is 10.9 Å². The smallest absolute Gasteiger partial charge is 0.262 e. The van der Waals surface area contributed by atoms with Crippen LogP contribution in [0.1, 0.15) is 50.0 Å². The molecule has 4 fully saturated rings. The Morgan fingerprint density at radius 2 is 1.71 bits per heavy atom. The fourth-order valence-corrected chi connectivity index (χ4v) is 5.38. The Labute approximate surface area is 141 Å². The number of hydrogen-bond acceptors (Lipinski definition) is 3. The number of furan rings is 1. The van der Waals surface area contributed by atoms with Crippen LogP contribution in [0.5, 0.6) is 0 Å². The van der Waals surface area contributed by atoms with Crippen molar-refractivity contribution < 1.29 is 14.0 Å². The maximum absolute atomic E-state index is 12.7. The highest BCUT2D eigenvalue weighted by Crippen LogP contribution is 2.59. The van der Waals surface area contributed by atoms with Gasteiger partial charge in [-0.15, -0.1) is 0 Å². The Morgan fingerprint density at radius 1 is 1.08 bits per heavy atom. The SMILES string of the molecule is Cc1ccc(/C=C/C(=O)NNC(=O)C23CC4CC(CC(C4)C2)C3)o1. The molecule has 128 valence electrons. The zero-order valence-corrected chi connectivity index (χ0v) is 14.0. The summed E-state index contributed by atoms with van der Waals surface area (Å²) in [5.74, 6) is 3.19. The molecule has 1 heterocycles. The van der Waals surface area contributed by atoms with Crippen molar-refractivity contribution in [3.8, 4) is 0 Å². The van der Waals surface area contributed by atoms with Gasteiger partial charge in [0.25, 0.3) is 5.91 Å². The van der Waals surface area contributed by atoms with Gasteiger partial charge in [-0.25, -0.2) is 0 Å². The average Bonchev–Trinajstić information content (AvgIpc) is 2.95. The molecule has 24 heavy (non-hydrogen) atoms. The second kappa shape index (κ2) is 5.80. The Morgan fingerprint density at radius 3 is 2.25 bits per heavy atom. The summed E-state index contributed by atoms with van der Waals surface area (Å²) < 4.78 is 5.37. The summed E-state index contributed by atoms with van der Waals surface area (Å²) in [5, 5.41) is 0. The number of amides is 2. The molecule has 4 saturated carbocycles. The first-order valence-corrected chi connectivity index (χ1v) is 8.87. The summed E-state index contributed by atoms with van der Waals surface area (Å²) in [7, 11) is 0. The lowest BCUT2D eigenvalue weighted by Gasteiger charge is -2.55. The summed E-state index contributed by atoms with van der Waals surface area (Å²) in [6.07, 6.45) is 9.82. The molecule has 1 aromatic rings. The van der Waals surface area contributed by atoms with Gasteiger partial charge in [-0.1, -0.05) is 0 Å². The highest BCUT2D eigenvalue weighted by molar-refractivity contribution is 5.93. The zero-order chi connectivity index (χ0) is 16.7. The van der Waals surface area contributed by atoms with Crippen LogP contribution >= 0.6 is 0 Å². The van der Waals surface area contributed by atoms with Gasteiger partial charge in [-0.2, -0.15) is 0 Å². The van der Waals surface area contributed by atoms with Crippen LogP contribution in [0.25, 0.3) is 6.08 Å². The van der Waals surface area contributed by atoms with E-state index in [4.69, 9.17) is 4.42 Å². The molecule has 1 aromatic heterocycles. The molecule has 0 aromatic carbocycles. The van der Waals surface area contributed by atoms with Crippen LogP contribution in [0.4, 0.5) is 0 Å². The van der Waals surface area contributed by atoms with Gasteiger partial charge in [0.15, 0.2) is 0 Å². The predicted octanol–water partition coefficient (Wildman–Crippen LogP) is 2.97. The molecular weight excluding hydrogens is 304 g/mol. The number of carbonyl (C=O) groups excluding carboxylic acids is 2. The molecule has 4 aliphatic carbocycles. The Bertz CT molecular complexity index is 653. The van der Waals surface area contributed by atoms with Crippen LogP contribution in [0.2, 0.25) is 0 Å². The monoisotopic (exact) mass is 328 g/mol. The van der Waals surface area contributed by atoms with Gasteiger partial charge in [-0.05, 0) is 81.4 Å². The third kappa shape index (κ3) is 2.87. The molecule has 5 nitrogen and oxygen atoms in total. The first-order chi connectivity index (χ1) is 11.5. The standard InChI is InChI=1S/C19H24N2O3/c1-12-2-3-16(24-12)4-5-17(22)20-21-18(23)19-9-13-6-14(10-19)8-15(7-13)11-19/h2-5,13-15H,6-11H2,1H3,(H,20,22)(H,21,23)/b5-4+. The molecule has 5 rings (SSSR count). The number of hydrogen-bond donors (Lipinski definition) is 2. The number of nitrogens with one attached hydrogen (secondary N) is 2. The molecule has 2 N–H and O–H groups in total. The molecule has 0 radical (unpaired) electrons. The lowest BCUT2D eigenvalue weighted by molar-refractivity contribution is -0.148. The molecule has 0 unspecified atom stereocenters. The van der Waals surface area contributed by atoms with Crippen LogP contribution in [-0.4, -0.2) is 11.8 Å². The van der Waals surface area contributed by atoms with Crippen LogP contribution < -0.4 is 10.9 Å². The van der Waals surface area contributed by atoms with E-state index < -0.39 is 0 Å².